The first kappa shape index (κ1) is 17.1. The highest BCUT2D eigenvalue weighted by Crippen LogP contribution is 2.37. The Kier molecular flexibility index (Phi) is 4.48. The molecule has 0 N–H and O–H groups in total. The highest BCUT2D eigenvalue weighted by molar-refractivity contribution is 7.18. The number of hydrogen-bond donors (Lipinski definition) is 0. The Labute approximate surface area is 160 Å². The molecule has 0 bridgehead atoms. The number of rotatable bonds is 5. The summed E-state index contributed by atoms with van der Waals surface area (Å²) < 4.78 is 5.64. The summed E-state index contributed by atoms with van der Waals surface area (Å²) in [5.41, 5.74) is 4.77. The summed E-state index contributed by atoms with van der Waals surface area (Å²) >= 11 is 1.58. The lowest BCUT2D eigenvalue weighted by atomic mass is 10.1. The average Bonchev–Trinajstić information content (AvgIpc) is 3.32. The molecular weight excluding hydrogens is 356 g/mol. The number of hydrogen-bond acceptors (Lipinski definition) is 6. The van der Waals surface area contributed by atoms with E-state index >= 15 is 0 Å². The molecule has 0 amide bonds. The number of allylic oxidation sites excluding steroid dienone is 2. The van der Waals surface area contributed by atoms with Crippen LogP contribution in [0.3, 0.4) is 0 Å². The predicted octanol–water partition coefficient (Wildman–Crippen LogP) is 5.55. The van der Waals surface area contributed by atoms with Gasteiger partial charge in [0.25, 0.3) is 0 Å². The van der Waals surface area contributed by atoms with Gasteiger partial charge in [-0.1, -0.05) is 12.7 Å². The van der Waals surface area contributed by atoms with E-state index in [1.54, 1.807) is 35.9 Å². The van der Waals surface area contributed by atoms with Gasteiger partial charge in [-0.3, -0.25) is 9.98 Å². The van der Waals surface area contributed by atoms with E-state index in [0.717, 1.165) is 37.8 Å². The standard InChI is InChI=1S/C21H16N4OS/c1-4-6-16(22-3)19-15-8-10-26-18(15)11-17(25-19)20-13(2)24-21(27-20)14-7-5-9-23-12-14/h4-12H,1,3H2,2H3/b16-6-. The Morgan fingerprint density at radius 3 is 2.93 bits per heavy atom. The molecule has 0 radical (unpaired) electrons. The molecule has 4 heterocycles. The first-order valence-corrected chi connectivity index (χ1v) is 9.09. The van der Waals surface area contributed by atoms with Crippen molar-refractivity contribution < 1.29 is 4.42 Å². The second kappa shape index (κ2) is 7.09. The summed E-state index contributed by atoms with van der Waals surface area (Å²) in [6.07, 6.45) is 8.66. The Morgan fingerprint density at radius 2 is 2.19 bits per heavy atom. The zero-order valence-electron chi connectivity index (χ0n) is 14.7. The second-order valence-corrected chi connectivity index (χ2v) is 6.81. The minimum Gasteiger partial charge on any atom is -0.464 e. The van der Waals surface area contributed by atoms with E-state index in [9.17, 15) is 0 Å². The van der Waals surface area contributed by atoms with Gasteiger partial charge in [0.1, 0.15) is 16.3 Å². The SMILES string of the molecule is C=C/C=C(\N=C)c1nc(-c2sc(-c3cccnc3)nc2C)cc2occc12. The molecule has 27 heavy (non-hydrogen) atoms. The quantitative estimate of drug-likeness (QED) is 0.340. The van der Waals surface area contributed by atoms with Crippen LogP contribution < -0.4 is 0 Å². The van der Waals surface area contributed by atoms with Crippen LogP contribution in [0.1, 0.15) is 11.4 Å². The van der Waals surface area contributed by atoms with Crippen molar-refractivity contribution in [3.8, 4) is 21.1 Å². The van der Waals surface area contributed by atoms with Gasteiger partial charge in [0.05, 0.1) is 28.2 Å². The molecule has 0 aromatic carbocycles. The Morgan fingerprint density at radius 1 is 1.30 bits per heavy atom. The molecule has 4 aromatic rings. The number of furan rings is 1. The summed E-state index contributed by atoms with van der Waals surface area (Å²) in [7, 11) is 0. The number of nitrogens with zero attached hydrogens (tertiary/aromatic N) is 4. The number of thiazole rings is 1. The fraction of sp³-hybridized carbons (Fsp3) is 0.0476. The summed E-state index contributed by atoms with van der Waals surface area (Å²) in [6, 6.07) is 7.71. The van der Waals surface area contributed by atoms with Crippen LogP contribution in [0.4, 0.5) is 0 Å². The van der Waals surface area contributed by atoms with Crippen molar-refractivity contribution in [1.29, 1.82) is 0 Å². The van der Waals surface area contributed by atoms with Crippen LogP contribution >= 0.6 is 11.3 Å². The lowest BCUT2D eigenvalue weighted by Crippen LogP contribution is -1.92. The zero-order valence-corrected chi connectivity index (χ0v) is 15.5. The molecule has 0 atom stereocenters. The minimum absolute atomic E-state index is 0.646. The van der Waals surface area contributed by atoms with Crippen molar-refractivity contribution in [1.82, 2.24) is 15.0 Å². The molecule has 0 saturated carbocycles. The van der Waals surface area contributed by atoms with Gasteiger partial charge in [-0.25, -0.2) is 9.97 Å². The van der Waals surface area contributed by atoms with Gasteiger partial charge in [0.15, 0.2) is 0 Å². The first-order valence-electron chi connectivity index (χ1n) is 8.27. The smallest absolute Gasteiger partial charge is 0.138 e. The Hall–Kier alpha value is -3.38. The van der Waals surface area contributed by atoms with Gasteiger partial charge in [-0.2, -0.15) is 0 Å². The molecule has 0 aliphatic heterocycles. The van der Waals surface area contributed by atoms with Crippen LogP contribution in [0.5, 0.6) is 0 Å². The van der Waals surface area contributed by atoms with Crippen LogP contribution in [-0.2, 0) is 0 Å². The zero-order chi connectivity index (χ0) is 18.8. The number of aliphatic imine (C=N–C) groups is 1. The molecule has 0 aliphatic carbocycles. The van der Waals surface area contributed by atoms with Crippen LogP contribution in [0.25, 0.3) is 37.8 Å². The minimum atomic E-state index is 0.646. The van der Waals surface area contributed by atoms with Gasteiger partial charge < -0.3 is 4.42 Å². The molecule has 132 valence electrons. The maximum atomic E-state index is 5.64. The van der Waals surface area contributed by atoms with Gasteiger partial charge in [0, 0.05) is 29.4 Å². The lowest BCUT2D eigenvalue weighted by Gasteiger charge is -2.06. The number of aromatic nitrogens is 3. The molecule has 0 unspecified atom stereocenters. The number of pyridine rings is 2. The maximum absolute atomic E-state index is 5.64. The van der Waals surface area contributed by atoms with Crippen molar-refractivity contribution in [3.05, 3.63) is 73.0 Å². The summed E-state index contributed by atoms with van der Waals surface area (Å²) in [5, 5.41) is 1.79. The van der Waals surface area contributed by atoms with E-state index in [1.165, 1.54) is 0 Å². The maximum Gasteiger partial charge on any atom is 0.138 e. The molecule has 4 rings (SSSR count). The van der Waals surface area contributed by atoms with E-state index in [4.69, 9.17) is 14.4 Å². The third kappa shape index (κ3) is 3.11. The topological polar surface area (TPSA) is 64.2 Å². The largest absolute Gasteiger partial charge is 0.464 e. The predicted molar refractivity (Wildman–Crippen MR) is 111 cm³/mol. The molecule has 4 aromatic heterocycles. The van der Waals surface area contributed by atoms with Crippen molar-refractivity contribution >= 4 is 34.7 Å². The van der Waals surface area contributed by atoms with E-state index in [1.807, 2.05) is 37.4 Å². The van der Waals surface area contributed by atoms with E-state index < -0.39 is 0 Å². The molecule has 0 fully saturated rings. The summed E-state index contributed by atoms with van der Waals surface area (Å²) in [4.78, 5) is 18.8. The van der Waals surface area contributed by atoms with E-state index in [-0.39, 0.29) is 0 Å². The average molecular weight is 372 g/mol. The molecule has 0 aliphatic rings. The third-order valence-corrected chi connectivity index (χ3v) is 5.31. The number of fused-ring (bicyclic) bond motifs is 1. The van der Waals surface area contributed by atoms with E-state index in [0.29, 0.717) is 11.4 Å². The molecule has 5 nitrogen and oxygen atoms in total. The third-order valence-electron chi connectivity index (χ3n) is 4.08. The highest BCUT2D eigenvalue weighted by atomic mass is 32.1. The normalized spacial score (nSPS) is 11.7. The van der Waals surface area contributed by atoms with Gasteiger partial charge in [-0.15, -0.1) is 11.3 Å². The molecule has 0 saturated heterocycles. The Balaban J connectivity index is 1.90. The molecule has 0 spiro atoms. The lowest BCUT2D eigenvalue weighted by molar-refractivity contribution is 0.615. The fourth-order valence-electron chi connectivity index (χ4n) is 2.84. The van der Waals surface area contributed by atoms with Crippen LogP contribution in [-0.4, -0.2) is 21.7 Å². The van der Waals surface area contributed by atoms with Crippen molar-refractivity contribution in [2.24, 2.45) is 4.99 Å². The second-order valence-electron chi connectivity index (χ2n) is 5.81. The van der Waals surface area contributed by atoms with Crippen LogP contribution in [0, 0.1) is 6.92 Å². The van der Waals surface area contributed by atoms with Crippen LogP contribution in [0.2, 0.25) is 0 Å². The van der Waals surface area contributed by atoms with E-state index in [2.05, 4.69) is 23.3 Å². The van der Waals surface area contributed by atoms with Gasteiger partial charge in [0.2, 0.25) is 0 Å². The van der Waals surface area contributed by atoms with Crippen LogP contribution in [0.15, 0.2) is 71.1 Å². The summed E-state index contributed by atoms with van der Waals surface area (Å²) in [6.45, 7) is 9.38. The number of aryl methyl sites for hydroxylation is 1. The fourth-order valence-corrected chi connectivity index (χ4v) is 3.86. The van der Waals surface area contributed by atoms with Gasteiger partial charge >= 0.3 is 0 Å². The molecule has 6 heteroatoms. The molecular formula is C21H16N4OS. The van der Waals surface area contributed by atoms with Gasteiger partial charge in [-0.05, 0) is 37.9 Å². The monoisotopic (exact) mass is 372 g/mol. The first-order chi connectivity index (χ1) is 13.2. The Bertz CT molecular complexity index is 1170. The highest BCUT2D eigenvalue weighted by Gasteiger charge is 2.17. The van der Waals surface area contributed by atoms with Crippen molar-refractivity contribution in [2.75, 3.05) is 0 Å². The van der Waals surface area contributed by atoms with Crippen molar-refractivity contribution in [3.63, 3.8) is 0 Å². The van der Waals surface area contributed by atoms with Crippen molar-refractivity contribution in [2.45, 2.75) is 6.92 Å². The summed E-state index contributed by atoms with van der Waals surface area (Å²) in [5.74, 6) is 0.